The number of benzene rings is 1. The summed E-state index contributed by atoms with van der Waals surface area (Å²) in [7, 11) is 1.23. The lowest BCUT2D eigenvalue weighted by Gasteiger charge is -2.15. The molecule has 0 radical (unpaired) electrons. The summed E-state index contributed by atoms with van der Waals surface area (Å²) in [4.78, 5) is 11.3. The Morgan fingerprint density at radius 1 is 1.38 bits per heavy atom. The van der Waals surface area contributed by atoms with Crippen molar-refractivity contribution in [1.29, 1.82) is 0 Å². The van der Waals surface area contributed by atoms with Crippen molar-refractivity contribution in [3.05, 3.63) is 26.8 Å². The lowest BCUT2D eigenvalue weighted by molar-refractivity contribution is -0.138. The maximum absolute atomic E-state index is 12.8. The van der Waals surface area contributed by atoms with Crippen LogP contribution in [-0.2, 0) is 6.18 Å². The molecule has 0 saturated heterocycles. The molecule has 0 amide bonds. The molecule has 0 saturated carbocycles. The summed E-state index contributed by atoms with van der Waals surface area (Å²) in [6.45, 7) is 1.09. The molecule has 0 spiro atoms. The highest BCUT2D eigenvalue weighted by atomic mass is 127. The van der Waals surface area contributed by atoms with Crippen molar-refractivity contribution in [2.75, 3.05) is 7.11 Å². The summed E-state index contributed by atoms with van der Waals surface area (Å²) in [5, 5.41) is 0. The van der Waals surface area contributed by atoms with E-state index in [0.717, 1.165) is 6.92 Å². The van der Waals surface area contributed by atoms with Gasteiger partial charge in [-0.05, 0) is 41.6 Å². The van der Waals surface area contributed by atoms with Crippen LogP contribution in [0.25, 0.3) is 0 Å². The average Bonchev–Trinajstić information content (AvgIpc) is 2.15. The van der Waals surface area contributed by atoms with Crippen LogP contribution in [0.1, 0.15) is 22.8 Å². The van der Waals surface area contributed by atoms with Crippen molar-refractivity contribution in [3.63, 3.8) is 0 Å². The molecular weight excluding hydrogens is 336 g/mol. The van der Waals surface area contributed by atoms with Crippen LogP contribution in [0, 0.1) is 3.57 Å². The highest BCUT2D eigenvalue weighted by Crippen LogP contribution is 2.39. The molecule has 1 rings (SSSR count). The molecule has 0 N–H and O–H groups in total. The number of ether oxygens (including phenoxy) is 1. The van der Waals surface area contributed by atoms with Crippen LogP contribution in [0.15, 0.2) is 12.1 Å². The Bertz CT molecular complexity index is 427. The van der Waals surface area contributed by atoms with E-state index in [-0.39, 0.29) is 9.32 Å². The number of halogens is 4. The normalized spacial score (nSPS) is 11.4. The monoisotopic (exact) mass is 344 g/mol. The highest BCUT2D eigenvalue weighted by molar-refractivity contribution is 14.1. The van der Waals surface area contributed by atoms with Crippen molar-refractivity contribution in [2.45, 2.75) is 13.1 Å². The molecule has 0 heterocycles. The quantitative estimate of drug-likeness (QED) is 0.606. The van der Waals surface area contributed by atoms with E-state index in [4.69, 9.17) is 4.74 Å². The van der Waals surface area contributed by atoms with Gasteiger partial charge in [0.1, 0.15) is 5.75 Å². The van der Waals surface area contributed by atoms with Gasteiger partial charge in [-0.15, -0.1) is 0 Å². The Hall–Kier alpha value is -0.790. The number of hydrogen-bond donors (Lipinski definition) is 0. The molecule has 6 heteroatoms. The van der Waals surface area contributed by atoms with Crippen LogP contribution in [0.2, 0.25) is 0 Å². The van der Waals surface area contributed by atoms with Crippen molar-refractivity contribution in [2.24, 2.45) is 0 Å². The van der Waals surface area contributed by atoms with Gasteiger partial charge in [0.15, 0.2) is 5.78 Å². The molecule has 0 unspecified atom stereocenters. The van der Waals surface area contributed by atoms with Gasteiger partial charge in [0.2, 0.25) is 0 Å². The molecule has 0 aliphatic rings. The van der Waals surface area contributed by atoms with E-state index in [1.807, 2.05) is 0 Å². The van der Waals surface area contributed by atoms with E-state index in [0.29, 0.717) is 0 Å². The summed E-state index contributed by atoms with van der Waals surface area (Å²) in [6, 6.07) is 2.63. The summed E-state index contributed by atoms with van der Waals surface area (Å²) in [5.41, 5.74) is -1.35. The zero-order chi connectivity index (χ0) is 12.5. The smallest absolute Gasteiger partial charge is 0.418 e. The Morgan fingerprint density at radius 2 is 1.94 bits per heavy atom. The summed E-state index contributed by atoms with van der Waals surface area (Å²) in [6.07, 6.45) is -4.56. The second-order valence-electron chi connectivity index (χ2n) is 3.05. The molecule has 0 aliphatic carbocycles. The number of rotatable bonds is 2. The largest absolute Gasteiger partial charge is 0.496 e. The van der Waals surface area contributed by atoms with Gasteiger partial charge in [-0.2, -0.15) is 13.2 Å². The molecule has 1 aromatic carbocycles. The number of Topliss-reactive ketones (excluding diaryl/α,β-unsaturated/α-hetero) is 1. The van der Waals surface area contributed by atoms with Gasteiger partial charge >= 0.3 is 6.18 Å². The molecular formula is C10H8F3IO2. The third kappa shape index (κ3) is 2.47. The summed E-state index contributed by atoms with van der Waals surface area (Å²) in [5.74, 6) is -0.720. The van der Waals surface area contributed by atoms with E-state index >= 15 is 0 Å². The molecule has 0 aromatic heterocycles. The van der Waals surface area contributed by atoms with Crippen LogP contribution in [0.4, 0.5) is 13.2 Å². The van der Waals surface area contributed by atoms with Crippen LogP contribution < -0.4 is 4.74 Å². The fraction of sp³-hybridized carbons (Fsp3) is 0.300. The molecule has 88 valence electrons. The zero-order valence-electron chi connectivity index (χ0n) is 8.48. The first-order valence-electron chi connectivity index (χ1n) is 4.23. The minimum Gasteiger partial charge on any atom is -0.496 e. The van der Waals surface area contributed by atoms with Gasteiger partial charge in [0.25, 0.3) is 0 Å². The Kier molecular flexibility index (Phi) is 3.82. The van der Waals surface area contributed by atoms with E-state index < -0.39 is 23.1 Å². The molecule has 16 heavy (non-hydrogen) atoms. The maximum Gasteiger partial charge on any atom is 0.418 e. The average molecular weight is 344 g/mol. The number of ketones is 1. The van der Waals surface area contributed by atoms with Crippen molar-refractivity contribution in [3.8, 4) is 5.75 Å². The maximum atomic E-state index is 12.8. The fourth-order valence-electron chi connectivity index (χ4n) is 1.35. The third-order valence-electron chi connectivity index (χ3n) is 1.97. The number of carbonyl (C=O) groups is 1. The van der Waals surface area contributed by atoms with Crippen LogP contribution in [-0.4, -0.2) is 12.9 Å². The molecule has 2 nitrogen and oxygen atoms in total. The first-order chi connectivity index (χ1) is 7.29. The third-order valence-corrected chi connectivity index (χ3v) is 2.87. The Labute approximate surface area is 104 Å². The van der Waals surface area contributed by atoms with E-state index in [9.17, 15) is 18.0 Å². The molecule has 0 aliphatic heterocycles. The van der Waals surface area contributed by atoms with Crippen molar-refractivity contribution >= 4 is 28.4 Å². The van der Waals surface area contributed by atoms with Gasteiger partial charge in [0, 0.05) is 3.57 Å². The second kappa shape index (κ2) is 4.60. The van der Waals surface area contributed by atoms with E-state index in [1.165, 1.54) is 19.2 Å². The first-order valence-corrected chi connectivity index (χ1v) is 5.31. The predicted octanol–water partition coefficient (Wildman–Crippen LogP) is 3.52. The molecule has 0 fully saturated rings. The number of hydrogen-bond acceptors (Lipinski definition) is 2. The number of alkyl halides is 3. The Morgan fingerprint density at radius 3 is 2.31 bits per heavy atom. The lowest BCUT2D eigenvalue weighted by atomic mass is 10.0. The van der Waals surface area contributed by atoms with Gasteiger partial charge in [-0.25, -0.2) is 0 Å². The SMILES string of the molecule is COc1ccc(I)c(C(F)(F)F)c1C(C)=O. The summed E-state index contributed by atoms with van der Waals surface area (Å²) < 4.78 is 43.1. The lowest BCUT2D eigenvalue weighted by Crippen LogP contribution is -2.15. The van der Waals surface area contributed by atoms with E-state index in [1.54, 1.807) is 22.6 Å². The van der Waals surface area contributed by atoms with Crippen LogP contribution in [0.3, 0.4) is 0 Å². The Balaban J connectivity index is 3.62. The van der Waals surface area contributed by atoms with Gasteiger partial charge in [-0.3, -0.25) is 4.79 Å². The topological polar surface area (TPSA) is 26.3 Å². The summed E-state index contributed by atoms with van der Waals surface area (Å²) >= 11 is 1.55. The minimum atomic E-state index is -4.56. The van der Waals surface area contributed by atoms with Crippen molar-refractivity contribution < 1.29 is 22.7 Å². The molecule has 1 aromatic rings. The number of carbonyl (C=O) groups excluding carboxylic acids is 1. The predicted molar refractivity (Wildman–Crippen MR) is 60.7 cm³/mol. The van der Waals surface area contributed by atoms with Crippen LogP contribution in [0.5, 0.6) is 5.75 Å². The van der Waals surface area contributed by atoms with E-state index in [2.05, 4.69) is 0 Å². The van der Waals surface area contributed by atoms with Gasteiger partial charge in [-0.1, -0.05) is 0 Å². The second-order valence-corrected chi connectivity index (χ2v) is 4.22. The first kappa shape index (κ1) is 13.3. The van der Waals surface area contributed by atoms with Crippen molar-refractivity contribution in [1.82, 2.24) is 0 Å². The minimum absolute atomic E-state index is 0.0175. The molecule has 0 bridgehead atoms. The fourth-order valence-corrected chi connectivity index (χ4v) is 2.11. The standard InChI is InChI=1S/C10H8F3IO2/c1-5(15)8-7(16-2)4-3-6(14)9(8)10(11,12)13/h3-4H,1-2H3. The number of methoxy groups -OCH3 is 1. The van der Waals surface area contributed by atoms with Crippen LogP contribution >= 0.6 is 22.6 Å². The zero-order valence-corrected chi connectivity index (χ0v) is 10.6. The molecule has 0 atom stereocenters. The highest BCUT2D eigenvalue weighted by Gasteiger charge is 2.38. The van der Waals surface area contributed by atoms with Gasteiger partial charge in [0.05, 0.1) is 18.2 Å². The van der Waals surface area contributed by atoms with Gasteiger partial charge < -0.3 is 4.74 Å².